The number of nitrogens with two attached hydrogens (primary N) is 1. The smallest absolute Gasteiger partial charge is 0.305 e. The van der Waals surface area contributed by atoms with E-state index in [1.54, 1.807) is 135 Å². The number of carbonyl (C=O) groups excluding carboxylic acids is 15. The van der Waals surface area contributed by atoms with Gasteiger partial charge in [-0.3, -0.25) is 81.5 Å². The third kappa shape index (κ3) is 31.6. The van der Waals surface area contributed by atoms with Crippen molar-refractivity contribution in [3.8, 4) is 11.5 Å². The predicted octanol–water partition coefficient (Wildman–Crippen LogP) is 1.54. The van der Waals surface area contributed by atoms with E-state index >= 15 is 38.4 Å². The second kappa shape index (κ2) is 49.9. The van der Waals surface area contributed by atoms with Gasteiger partial charge in [-0.1, -0.05) is 167 Å². The quantitative estimate of drug-likeness (QED) is 0.0386. The Morgan fingerprint density at radius 2 is 0.878 bits per heavy atom. The Labute approximate surface area is 762 Å². The van der Waals surface area contributed by atoms with Crippen LogP contribution in [0.1, 0.15) is 99.1 Å². The van der Waals surface area contributed by atoms with Crippen LogP contribution in [-0.2, 0) is 120 Å². The maximum absolute atomic E-state index is 15.5. The second-order valence-electron chi connectivity index (χ2n) is 32.8. The summed E-state index contributed by atoms with van der Waals surface area (Å²) in [5.74, 6) is -19.2. The lowest BCUT2D eigenvalue weighted by atomic mass is 9.99. The van der Waals surface area contributed by atoms with Crippen molar-refractivity contribution in [1.29, 1.82) is 0 Å². The Hall–Kier alpha value is -14.2. The van der Waals surface area contributed by atoms with Gasteiger partial charge in [0.2, 0.25) is 88.6 Å². The van der Waals surface area contributed by atoms with Crippen LogP contribution in [0, 0.1) is 5.92 Å². The first-order chi connectivity index (χ1) is 62.4. The molecule has 2 heterocycles. The zero-order valence-electron chi connectivity index (χ0n) is 74.3. The number of likely N-dealkylation sites (N-methyl/N-ethyl adjacent to an activating group) is 5. The summed E-state index contributed by atoms with van der Waals surface area (Å²) >= 11 is 0.814. The molecule has 38 heteroatoms. The van der Waals surface area contributed by atoms with Crippen LogP contribution >= 0.6 is 11.8 Å². The van der Waals surface area contributed by atoms with Gasteiger partial charge in [0.15, 0.2) is 0 Å². The molecule has 0 bridgehead atoms. The van der Waals surface area contributed by atoms with E-state index in [9.17, 15) is 63.6 Å². The molecule has 1 fully saturated rings. The number of nitrogens with zero attached hydrogens (tertiary/aromatic N) is 5. The predicted molar refractivity (Wildman–Crippen MR) is 484 cm³/mol. The minimum atomic E-state index is -2.05. The molecule has 11 atom stereocenters. The molecule has 700 valence electrons. The van der Waals surface area contributed by atoms with Crippen molar-refractivity contribution in [3.63, 3.8) is 0 Å². The standard InChI is InChI=1S/C93H116N16O21S/c1-9-10-30-74-92(129)106(5)52-79(114)98-70(48-82(118)119)87(124)100-66(39-40-81(116)117)90(127)108(7)75(45-57-24-16-12-17-25-57)88(125)103-71(44-60-33-37-63(111)38-34-60)89(126)105(4)51-78(113)97-69(47-61-49-95-65-29-21-20-28-64(61)65)86(123)102-68(42-59-31-35-62(110)36-32-59)85(122)101-67(41-55(2)3)84(121)104-73(83(120)96-50-77(94)112)53-131-54-80(115)99-72(43-56-22-14-11-15-23-56)91(128)109(8)76(93(130)107(74)6)46-58-26-18-13-19-27-58/h11-29,31-38,49,55,66-76,95,110-111H,9-10,30,39-48,50-54H2,1-8H3,(H2,94,112)(H,96,120)(H,97,113)(H,98,114)(H,99,115)(H,100,124)(H,101,122)(H,102,123)(H,103,125)(H,104,121)(H,116,117)(H,118,119)/t66-,67-,68-,69-,70-,71-,72-,73-,74-,75-,76-/m0/s1. The minimum Gasteiger partial charge on any atom is -0.508 e. The molecular weight excluding hydrogens is 1710 g/mol. The lowest BCUT2D eigenvalue weighted by Crippen LogP contribution is -2.60. The number of thioether (sulfide) groups is 1. The van der Waals surface area contributed by atoms with Gasteiger partial charge in [-0.2, -0.15) is 0 Å². The molecule has 15 amide bonds. The first-order valence-corrected chi connectivity index (χ1v) is 44.0. The number of carboxylic acid groups (broad SMARTS) is 2. The zero-order chi connectivity index (χ0) is 95.7. The normalized spacial score (nSPS) is 21.7. The van der Waals surface area contributed by atoms with Crippen molar-refractivity contribution in [3.05, 3.63) is 203 Å². The molecule has 1 aromatic heterocycles. The van der Waals surface area contributed by atoms with Crippen LogP contribution in [0.5, 0.6) is 11.5 Å². The van der Waals surface area contributed by atoms with Crippen LogP contribution in [0.15, 0.2) is 170 Å². The number of unbranched alkanes of at least 4 members (excludes halogenated alkanes) is 1. The molecule has 37 nitrogen and oxygen atoms in total. The summed E-state index contributed by atoms with van der Waals surface area (Å²) in [6, 6.07) is 25.6. The molecule has 6 aromatic carbocycles. The van der Waals surface area contributed by atoms with Crippen LogP contribution in [0.3, 0.4) is 0 Å². The second-order valence-corrected chi connectivity index (χ2v) is 33.9. The van der Waals surface area contributed by atoms with Gasteiger partial charge in [0.05, 0.1) is 31.8 Å². The molecule has 0 saturated carbocycles. The molecule has 0 radical (unpaired) electrons. The van der Waals surface area contributed by atoms with E-state index in [1.807, 2.05) is 6.92 Å². The molecule has 7 aromatic rings. The van der Waals surface area contributed by atoms with Gasteiger partial charge in [0.25, 0.3) is 0 Å². The number of fused-ring (bicyclic) bond motifs is 1. The first-order valence-electron chi connectivity index (χ1n) is 42.9. The fourth-order valence-corrected chi connectivity index (χ4v) is 15.9. The van der Waals surface area contributed by atoms with E-state index < -0.39 is 217 Å². The molecule has 8 rings (SSSR count). The van der Waals surface area contributed by atoms with E-state index in [0.29, 0.717) is 57.1 Å². The highest BCUT2D eigenvalue weighted by Gasteiger charge is 2.42. The Bertz CT molecular complexity index is 5170. The molecule has 0 aliphatic carbocycles. The summed E-state index contributed by atoms with van der Waals surface area (Å²) in [6.45, 7) is 2.87. The topological polar surface area (TPSA) is 537 Å². The van der Waals surface area contributed by atoms with Crippen molar-refractivity contribution in [2.24, 2.45) is 11.7 Å². The van der Waals surface area contributed by atoms with E-state index in [2.05, 4.69) is 52.8 Å². The van der Waals surface area contributed by atoms with Crippen LogP contribution in [-0.4, -0.2) is 283 Å². The van der Waals surface area contributed by atoms with Crippen molar-refractivity contribution in [2.45, 2.75) is 171 Å². The van der Waals surface area contributed by atoms with E-state index in [4.69, 9.17) is 5.73 Å². The fourth-order valence-electron chi connectivity index (χ4n) is 15.0. The van der Waals surface area contributed by atoms with Gasteiger partial charge in [0.1, 0.15) is 78.0 Å². The number of primary amides is 1. The number of aliphatic carboxylic acids is 2. The number of phenolic OH excluding ortho intramolecular Hbond substituents is 2. The summed E-state index contributed by atoms with van der Waals surface area (Å²) in [7, 11) is 6.26. The number of aromatic amines is 1. The lowest BCUT2D eigenvalue weighted by molar-refractivity contribution is -0.151. The van der Waals surface area contributed by atoms with Crippen molar-refractivity contribution >= 4 is 123 Å². The molecule has 1 saturated heterocycles. The highest BCUT2D eigenvalue weighted by Crippen LogP contribution is 2.25. The summed E-state index contributed by atoms with van der Waals surface area (Å²) in [5, 5.41) is 65.1. The molecule has 0 unspecified atom stereocenters. The number of hydrogen-bond acceptors (Lipinski definition) is 20. The average Bonchev–Trinajstić information content (AvgIpc) is 1.57. The lowest BCUT2D eigenvalue weighted by Gasteiger charge is -2.37. The molecule has 1 aliphatic heterocycles. The number of carbonyl (C=O) groups is 17. The Morgan fingerprint density at radius 3 is 1.42 bits per heavy atom. The van der Waals surface area contributed by atoms with E-state index in [-0.39, 0.29) is 68.8 Å². The molecule has 16 N–H and O–H groups in total. The number of carboxylic acids is 2. The van der Waals surface area contributed by atoms with E-state index in [0.717, 1.165) is 43.3 Å². The number of H-pyrrole nitrogens is 1. The number of phenols is 2. The average molecular weight is 1830 g/mol. The highest BCUT2D eigenvalue weighted by atomic mass is 32.2. The van der Waals surface area contributed by atoms with Crippen molar-refractivity contribution in [2.75, 3.05) is 66.4 Å². The van der Waals surface area contributed by atoms with Gasteiger partial charge in [-0.25, -0.2) is 0 Å². The SMILES string of the molecule is CCCC[C@H]1C(=O)N(C)CC(=O)N[C@@H](CC(=O)O)C(=O)N[C@@H](CCC(=O)O)C(=O)N(C)[C@@H](Cc2ccccc2)C(=O)N[C@@H](Cc2ccc(O)cc2)C(=O)N(C)CC(=O)N[C@@H](Cc2c[nH]c3ccccc23)C(=O)N[C@@H](Cc2ccc(O)cc2)C(=O)N[C@@H](CC(C)C)C(=O)N[C@H](C(=O)NCC(N)=O)CSCC(=O)N[C@@H](Cc2ccccc2)C(=O)N(C)[C@@H](Cc2ccccc2)C(=O)N1C. The Kier molecular flexibility index (Phi) is 39.0. The summed E-state index contributed by atoms with van der Waals surface area (Å²) in [5.41, 5.74) is 8.86. The van der Waals surface area contributed by atoms with Crippen molar-refractivity contribution in [1.82, 2.24) is 77.3 Å². The largest absolute Gasteiger partial charge is 0.508 e. The Morgan fingerprint density at radius 1 is 0.443 bits per heavy atom. The first kappa shape index (κ1) is 102. The molecule has 1 aliphatic rings. The van der Waals surface area contributed by atoms with Gasteiger partial charge in [-0.05, 0) is 88.9 Å². The number of aromatic nitrogens is 1. The number of para-hydroxylation sites is 1. The minimum absolute atomic E-state index is 0.0106. The number of rotatable bonds is 25. The zero-order valence-corrected chi connectivity index (χ0v) is 75.1. The summed E-state index contributed by atoms with van der Waals surface area (Å²) < 4.78 is 0. The maximum Gasteiger partial charge on any atom is 0.305 e. The number of benzene rings is 6. The van der Waals surface area contributed by atoms with Gasteiger partial charge < -0.3 is 103 Å². The third-order valence-corrected chi connectivity index (χ3v) is 23.1. The fraction of sp³-hybridized carbons (Fsp3) is 0.409. The number of nitrogens with one attached hydrogen (secondary N) is 10. The van der Waals surface area contributed by atoms with Crippen LogP contribution < -0.4 is 53.6 Å². The van der Waals surface area contributed by atoms with Gasteiger partial charge in [-0.15, -0.1) is 11.8 Å². The molecule has 131 heavy (non-hydrogen) atoms. The number of amides is 15. The number of aromatic hydroxyl groups is 2. The summed E-state index contributed by atoms with van der Waals surface area (Å²) in [6.07, 6.45) is -1.94. The number of hydrogen-bond donors (Lipinski definition) is 15. The third-order valence-electron chi connectivity index (χ3n) is 22.1. The summed E-state index contributed by atoms with van der Waals surface area (Å²) in [4.78, 5) is 255. The van der Waals surface area contributed by atoms with Crippen LogP contribution in [0.2, 0.25) is 0 Å². The highest BCUT2D eigenvalue weighted by molar-refractivity contribution is 8.00. The molecular formula is C93H116N16O21S. The molecule has 0 spiro atoms. The van der Waals surface area contributed by atoms with Crippen LogP contribution in [0.25, 0.3) is 10.9 Å². The van der Waals surface area contributed by atoms with E-state index in [1.165, 1.54) is 76.7 Å². The van der Waals surface area contributed by atoms with Gasteiger partial charge >= 0.3 is 11.9 Å². The monoisotopic (exact) mass is 1820 g/mol. The maximum atomic E-state index is 15.5. The van der Waals surface area contributed by atoms with Crippen LogP contribution in [0.4, 0.5) is 0 Å². The van der Waals surface area contributed by atoms with Gasteiger partial charge in [0, 0.05) is 103 Å². The Balaban J connectivity index is 1.22. The van der Waals surface area contributed by atoms with Crippen molar-refractivity contribution < 1.29 is 102 Å².